The number of carboxylic acids is 1. The lowest BCUT2D eigenvalue weighted by molar-refractivity contribution is -0.137. The average molecular weight is 270 g/mol. The fourth-order valence-corrected chi connectivity index (χ4v) is 2.14. The van der Waals surface area contributed by atoms with Gasteiger partial charge in [-0.15, -0.1) is 0 Å². The molecular formula is C14H26N2O3. The summed E-state index contributed by atoms with van der Waals surface area (Å²) in [6.07, 6.45) is 5.04. The van der Waals surface area contributed by atoms with Crippen LogP contribution in [0.4, 0.5) is 4.79 Å². The Morgan fingerprint density at radius 1 is 1.32 bits per heavy atom. The van der Waals surface area contributed by atoms with Crippen LogP contribution in [0.15, 0.2) is 0 Å². The number of amides is 2. The van der Waals surface area contributed by atoms with E-state index in [1.54, 1.807) is 4.90 Å². The second-order valence-corrected chi connectivity index (χ2v) is 6.24. The number of hydrogen-bond acceptors (Lipinski definition) is 2. The molecule has 2 amide bonds. The molecule has 19 heavy (non-hydrogen) atoms. The lowest BCUT2D eigenvalue weighted by Gasteiger charge is -2.35. The Bertz CT molecular complexity index is 325. The van der Waals surface area contributed by atoms with Crippen molar-refractivity contribution in [3.63, 3.8) is 0 Å². The van der Waals surface area contributed by atoms with E-state index in [0.29, 0.717) is 19.0 Å². The van der Waals surface area contributed by atoms with Crippen molar-refractivity contribution in [1.29, 1.82) is 0 Å². The van der Waals surface area contributed by atoms with Crippen molar-refractivity contribution in [3.05, 3.63) is 0 Å². The number of carbonyl (C=O) groups is 2. The predicted octanol–water partition coefficient (Wildman–Crippen LogP) is 2.46. The van der Waals surface area contributed by atoms with Crippen molar-refractivity contribution in [2.24, 2.45) is 5.41 Å². The van der Waals surface area contributed by atoms with E-state index in [-0.39, 0.29) is 17.9 Å². The summed E-state index contributed by atoms with van der Waals surface area (Å²) in [6, 6.07) is 0.388. The molecule has 0 atom stereocenters. The monoisotopic (exact) mass is 270 g/mol. The van der Waals surface area contributed by atoms with Crippen LogP contribution in [-0.4, -0.2) is 41.6 Å². The van der Waals surface area contributed by atoms with Gasteiger partial charge in [0.15, 0.2) is 0 Å². The molecule has 0 aromatic rings. The summed E-state index contributed by atoms with van der Waals surface area (Å²) >= 11 is 0. The smallest absolute Gasteiger partial charge is 0.317 e. The number of urea groups is 1. The fraction of sp³-hybridized carbons (Fsp3) is 0.857. The molecule has 1 aliphatic carbocycles. The molecule has 1 rings (SSSR count). The number of aliphatic carboxylic acids is 1. The minimum absolute atomic E-state index is 0.0151. The van der Waals surface area contributed by atoms with Crippen LogP contribution in [0.3, 0.4) is 0 Å². The molecule has 1 saturated carbocycles. The van der Waals surface area contributed by atoms with E-state index in [1.165, 1.54) is 6.42 Å². The summed E-state index contributed by atoms with van der Waals surface area (Å²) in [6.45, 7) is 4.68. The third-order valence-electron chi connectivity index (χ3n) is 4.04. The van der Waals surface area contributed by atoms with E-state index in [9.17, 15) is 9.59 Å². The Kier molecular flexibility index (Phi) is 5.63. The summed E-state index contributed by atoms with van der Waals surface area (Å²) in [5.74, 6) is -0.762. The maximum Gasteiger partial charge on any atom is 0.317 e. The minimum Gasteiger partial charge on any atom is -0.481 e. The van der Waals surface area contributed by atoms with Crippen molar-refractivity contribution >= 4 is 12.0 Å². The predicted molar refractivity (Wildman–Crippen MR) is 74.1 cm³/mol. The van der Waals surface area contributed by atoms with E-state index in [2.05, 4.69) is 5.32 Å². The Morgan fingerprint density at radius 2 is 1.95 bits per heavy atom. The maximum atomic E-state index is 11.8. The summed E-state index contributed by atoms with van der Waals surface area (Å²) in [4.78, 5) is 24.2. The molecular weight excluding hydrogens is 244 g/mol. The van der Waals surface area contributed by atoms with E-state index in [0.717, 1.165) is 19.3 Å². The molecule has 0 saturated heterocycles. The minimum atomic E-state index is -0.762. The van der Waals surface area contributed by atoms with Gasteiger partial charge in [0.25, 0.3) is 0 Å². The Hall–Kier alpha value is -1.26. The van der Waals surface area contributed by atoms with Crippen molar-refractivity contribution in [3.8, 4) is 0 Å². The second-order valence-electron chi connectivity index (χ2n) is 6.24. The molecule has 0 aromatic heterocycles. The number of carbonyl (C=O) groups excluding carboxylic acids is 1. The average Bonchev–Trinajstić information content (AvgIpc) is 2.23. The first-order valence-corrected chi connectivity index (χ1v) is 7.04. The Morgan fingerprint density at radius 3 is 2.42 bits per heavy atom. The van der Waals surface area contributed by atoms with Crippen molar-refractivity contribution in [2.45, 2.75) is 58.4 Å². The molecule has 1 fully saturated rings. The number of rotatable bonds is 7. The molecule has 0 radical (unpaired) electrons. The fourth-order valence-electron chi connectivity index (χ4n) is 2.14. The first-order valence-electron chi connectivity index (χ1n) is 7.04. The third-order valence-corrected chi connectivity index (χ3v) is 4.04. The van der Waals surface area contributed by atoms with E-state index in [1.807, 2.05) is 20.9 Å². The molecule has 0 spiro atoms. The van der Waals surface area contributed by atoms with Crippen LogP contribution in [0, 0.1) is 5.41 Å². The molecule has 110 valence electrons. The Balaban J connectivity index is 2.20. The highest BCUT2D eigenvalue weighted by molar-refractivity contribution is 5.74. The van der Waals surface area contributed by atoms with Crippen LogP contribution in [0.5, 0.6) is 0 Å². The zero-order chi connectivity index (χ0) is 14.5. The van der Waals surface area contributed by atoms with Gasteiger partial charge in [-0.3, -0.25) is 4.79 Å². The quantitative estimate of drug-likeness (QED) is 0.746. The van der Waals surface area contributed by atoms with Gasteiger partial charge in [-0.2, -0.15) is 0 Å². The summed E-state index contributed by atoms with van der Waals surface area (Å²) in [5.41, 5.74) is -0.0549. The van der Waals surface area contributed by atoms with E-state index < -0.39 is 5.97 Å². The van der Waals surface area contributed by atoms with Crippen molar-refractivity contribution in [2.75, 3.05) is 13.6 Å². The maximum absolute atomic E-state index is 11.8. The third kappa shape index (κ3) is 5.49. The molecule has 0 heterocycles. The van der Waals surface area contributed by atoms with Crippen LogP contribution in [-0.2, 0) is 4.79 Å². The molecule has 2 N–H and O–H groups in total. The summed E-state index contributed by atoms with van der Waals surface area (Å²) in [7, 11) is 1.84. The van der Waals surface area contributed by atoms with E-state index >= 15 is 0 Å². The lowest BCUT2D eigenvalue weighted by Crippen LogP contribution is -2.47. The second kappa shape index (κ2) is 6.78. The van der Waals surface area contributed by atoms with Crippen molar-refractivity contribution in [1.82, 2.24) is 10.2 Å². The highest BCUT2D eigenvalue weighted by atomic mass is 16.4. The van der Waals surface area contributed by atoms with Crippen LogP contribution >= 0.6 is 0 Å². The molecule has 0 aromatic carbocycles. The number of nitrogens with one attached hydrogen (secondary N) is 1. The molecule has 5 heteroatoms. The molecule has 0 aliphatic heterocycles. The van der Waals surface area contributed by atoms with Crippen LogP contribution in [0.2, 0.25) is 0 Å². The summed E-state index contributed by atoms with van der Waals surface area (Å²) < 4.78 is 0. The van der Waals surface area contributed by atoms with Gasteiger partial charge in [-0.1, -0.05) is 13.8 Å². The SMILES string of the molecule is CN(C(=O)NCCC(C)(C)CCC(=O)O)C1CCC1. The van der Waals surface area contributed by atoms with E-state index in [4.69, 9.17) is 5.11 Å². The number of hydrogen-bond donors (Lipinski definition) is 2. The Labute approximate surface area is 115 Å². The first-order chi connectivity index (χ1) is 8.82. The highest BCUT2D eigenvalue weighted by Gasteiger charge is 2.26. The molecule has 0 unspecified atom stereocenters. The summed E-state index contributed by atoms with van der Waals surface area (Å²) in [5, 5.41) is 11.6. The van der Waals surface area contributed by atoms with Crippen LogP contribution in [0.1, 0.15) is 52.4 Å². The largest absolute Gasteiger partial charge is 0.481 e. The zero-order valence-corrected chi connectivity index (χ0v) is 12.2. The highest BCUT2D eigenvalue weighted by Crippen LogP contribution is 2.26. The normalized spacial score (nSPS) is 15.7. The topological polar surface area (TPSA) is 69.6 Å². The van der Waals surface area contributed by atoms with Crippen LogP contribution < -0.4 is 5.32 Å². The van der Waals surface area contributed by atoms with Crippen LogP contribution in [0.25, 0.3) is 0 Å². The van der Waals surface area contributed by atoms with Gasteiger partial charge in [0, 0.05) is 26.1 Å². The molecule has 0 bridgehead atoms. The first kappa shape index (κ1) is 15.8. The zero-order valence-electron chi connectivity index (χ0n) is 12.2. The van der Waals surface area contributed by atoms with Crippen molar-refractivity contribution < 1.29 is 14.7 Å². The lowest BCUT2D eigenvalue weighted by atomic mass is 9.84. The van der Waals surface area contributed by atoms with Gasteiger partial charge in [0.2, 0.25) is 0 Å². The standard InChI is InChI=1S/C14H26N2O3/c1-14(2,8-7-12(17)18)9-10-15-13(19)16(3)11-5-4-6-11/h11H,4-10H2,1-3H3,(H,15,19)(H,17,18). The number of nitrogens with zero attached hydrogens (tertiary/aromatic N) is 1. The van der Waals surface area contributed by atoms with Gasteiger partial charge in [0.1, 0.15) is 0 Å². The van der Waals surface area contributed by atoms with Gasteiger partial charge < -0.3 is 15.3 Å². The van der Waals surface area contributed by atoms with Gasteiger partial charge >= 0.3 is 12.0 Å². The van der Waals surface area contributed by atoms with Gasteiger partial charge in [0.05, 0.1) is 0 Å². The number of carboxylic acid groups (broad SMARTS) is 1. The van der Waals surface area contributed by atoms with Gasteiger partial charge in [-0.25, -0.2) is 4.79 Å². The molecule has 1 aliphatic rings. The molecule has 5 nitrogen and oxygen atoms in total. The van der Waals surface area contributed by atoms with Gasteiger partial charge in [-0.05, 0) is 37.5 Å².